The molecule has 0 bridgehead atoms. The second-order valence-corrected chi connectivity index (χ2v) is 7.82. The van der Waals surface area contributed by atoms with Crippen LogP contribution in [0.3, 0.4) is 0 Å². The third-order valence-corrected chi connectivity index (χ3v) is 5.39. The predicted molar refractivity (Wildman–Crippen MR) is 135 cm³/mol. The maximum absolute atomic E-state index is 13.0. The van der Waals surface area contributed by atoms with E-state index in [9.17, 15) is 14.7 Å². The first-order valence-electron chi connectivity index (χ1n) is 11.3. The van der Waals surface area contributed by atoms with Gasteiger partial charge in [0.1, 0.15) is 5.57 Å². The molecule has 182 valence electrons. The summed E-state index contributed by atoms with van der Waals surface area (Å²) in [4.78, 5) is 26.1. The molecule has 3 aromatic rings. The predicted octanol–water partition coefficient (Wildman–Crippen LogP) is 3.51. The Balaban J connectivity index is 1.78. The summed E-state index contributed by atoms with van der Waals surface area (Å²) >= 11 is 0. The van der Waals surface area contributed by atoms with Crippen molar-refractivity contribution in [2.24, 2.45) is 0 Å². The topological polar surface area (TPSA) is 96.9 Å². The lowest BCUT2D eigenvalue weighted by Crippen LogP contribution is -2.36. The third-order valence-electron chi connectivity index (χ3n) is 5.39. The van der Waals surface area contributed by atoms with Crippen LogP contribution in [0.4, 0.5) is 0 Å². The number of benzene rings is 3. The number of amides is 2. The van der Waals surface area contributed by atoms with Crippen LogP contribution in [-0.4, -0.2) is 44.2 Å². The van der Waals surface area contributed by atoms with E-state index in [4.69, 9.17) is 9.47 Å². The Kier molecular flexibility index (Phi) is 9.31. The van der Waals surface area contributed by atoms with E-state index in [1.807, 2.05) is 60.7 Å². The first-order chi connectivity index (χ1) is 17.0. The first-order valence-corrected chi connectivity index (χ1v) is 11.3. The number of carbonyl (C=O) groups is 2. The normalized spacial score (nSPS) is 10.2. The van der Waals surface area contributed by atoms with Crippen LogP contribution in [0.5, 0.6) is 17.2 Å². The Labute approximate surface area is 205 Å². The van der Waals surface area contributed by atoms with Crippen LogP contribution >= 0.6 is 0 Å². The molecule has 0 aliphatic rings. The summed E-state index contributed by atoms with van der Waals surface area (Å²) in [5, 5.41) is 15.8. The largest absolute Gasteiger partial charge is 0.502 e. The van der Waals surface area contributed by atoms with Crippen molar-refractivity contribution in [3.05, 3.63) is 95.1 Å². The summed E-state index contributed by atoms with van der Waals surface area (Å²) in [5.74, 6) is -0.811. The second-order valence-electron chi connectivity index (χ2n) is 7.82. The standard InChI is InChI=1S/C28H30N2O5/c1-34-24-18-22(19-25(35-2)26(24)31)17-23(27(32)29-15-13-20-9-5-3-6-10-20)28(33)30-16-14-21-11-7-4-8-12-21/h3-12,17-19,31H,13-16H2,1-2H3,(H,29,32)(H,30,33). The molecular formula is C28H30N2O5. The smallest absolute Gasteiger partial charge is 0.256 e. The van der Waals surface area contributed by atoms with E-state index in [1.165, 1.54) is 32.4 Å². The summed E-state index contributed by atoms with van der Waals surface area (Å²) < 4.78 is 10.4. The average molecular weight is 475 g/mol. The lowest BCUT2D eigenvalue weighted by atomic mass is 10.1. The molecule has 0 aliphatic carbocycles. The molecule has 0 saturated carbocycles. The molecule has 7 nitrogen and oxygen atoms in total. The number of rotatable bonds is 11. The van der Waals surface area contributed by atoms with Crippen molar-refractivity contribution in [1.29, 1.82) is 0 Å². The summed E-state index contributed by atoms with van der Waals surface area (Å²) in [6, 6.07) is 22.6. The zero-order chi connectivity index (χ0) is 25.0. The minimum absolute atomic E-state index is 0.0547. The molecule has 0 radical (unpaired) electrons. The van der Waals surface area contributed by atoms with Gasteiger partial charge in [-0.3, -0.25) is 9.59 Å². The van der Waals surface area contributed by atoms with Crippen molar-refractivity contribution < 1.29 is 24.2 Å². The van der Waals surface area contributed by atoms with Gasteiger partial charge >= 0.3 is 0 Å². The number of methoxy groups -OCH3 is 2. The average Bonchev–Trinajstić information content (AvgIpc) is 2.89. The maximum Gasteiger partial charge on any atom is 0.256 e. The minimum atomic E-state index is -0.496. The van der Waals surface area contributed by atoms with E-state index in [-0.39, 0.29) is 22.8 Å². The van der Waals surface area contributed by atoms with Crippen LogP contribution in [0.1, 0.15) is 16.7 Å². The van der Waals surface area contributed by atoms with Gasteiger partial charge in [-0.1, -0.05) is 60.7 Å². The number of hydrogen-bond acceptors (Lipinski definition) is 5. The van der Waals surface area contributed by atoms with E-state index >= 15 is 0 Å². The second kappa shape index (κ2) is 12.8. The molecule has 35 heavy (non-hydrogen) atoms. The van der Waals surface area contributed by atoms with E-state index < -0.39 is 11.8 Å². The summed E-state index contributed by atoms with van der Waals surface area (Å²) in [5.41, 5.74) is 2.58. The quantitative estimate of drug-likeness (QED) is 0.225. The van der Waals surface area contributed by atoms with E-state index in [2.05, 4.69) is 10.6 Å². The molecule has 3 aromatic carbocycles. The number of hydrogen-bond donors (Lipinski definition) is 3. The van der Waals surface area contributed by atoms with Crippen LogP contribution in [0.25, 0.3) is 6.08 Å². The Morgan fingerprint density at radius 3 is 1.60 bits per heavy atom. The minimum Gasteiger partial charge on any atom is -0.502 e. The highest BCUT2D eigenvalue weighted by atomic mass is 16.5. The van der Waals surface area contributed by atoms with Gasteiger partial charge in [0.25, 0.3) is 11.8 Å². The zero-order valence-corrected chi connectivity index (χ0v) is 19.9. The molecule has 0 spiro atoms. The van der Waals surface area contributed by atoms with Gasteiger partial charge in [-0.05, 0) is 47.7 Å². The Morgan fingerprint density at radius 1 is 0.771 bits per heavy atom. The molecule has 0 aliphatic heterocycles. The summed E-state index contributed by atoms with van der Waals surface area (Å²) in [6.07, 6.45) is 2.73. The van der Waals surface area contributed by atoms with Gasteiger partial charge in [-0.2, -0.15) is 0 Å². The molecule has 3 N–H and O–H groups in total. The van der Waals surface area contributed by atoms with E-state index in [0.29, 0.717) is 31.5 Å². The van der Waals surface area contributed by atoms with Crippen molar-refractivity contribution in [2.75, 3.05) is 27.3 Å². The summed E-state index contributed by atoms with van der Waals surface area (Å²) in [6.45, 7) is 0.749. The number of ether oxygens (including phenoxy) is 2. The first kappa shape index (κ1) is 25.4. The van der Waals surface area contributed by atoms with E-state index in [1.54, 1.807) is 0 Å². The van der Waals surface area contributed by atoms with Crippen molar-refractivity contribution in [2.45, 2.75) is 12.8 Å². The maximum atomic E-state index is 13.0. The van der Waals surface area contributed by atoms with Gasteiger partial charge in [0.05, 0.1) is 14.2 Å². The summed E-state index contributed by atoms with van der Waals surface area (Å²) in [7, 11) is 2.82. The SMILES string of the molecule is COc1cc(C=C(C(=O)NCCc2ccccc2)C(=O)NCCc2ccccc2)cc(OC)c1O. The lowest BCUT2D eigenvalue weighted by molar-refractivity contribution is -0.123. The number of aromatic hydroxyl groups is 1. The molecule has 0 heterocycles. The van der Waals surface area contributed by atoms with E-state index in [0.717, 1.165) is 11.1 Å². The van der Waals surface area contributed by atoms with Crippen LogP contribution < -0.4 is 20.1 Å². The molecule has 2 amide bonds. The lowest BCUT2D eigenvalue weighted by Gasteiger charge is -2.12. The van der Waals surface area contributed by atoms with Crippen LogP contribution in [-0.2, 0) is 22.4 Å². The Bertz CT molecular complexity index is 1080. The van der Waals surface area contributed by atoms with Crippen LogP contribution in [0.15, 0.2) is 78.4 Å². The van der Waals surface area contributed by atoms with Crippen LogP contribution in [0, 0.1) is 0 Å². The fraction of sp³-hybridized carbons (Fsp3) is 0.214. The number of phenolic OH excluding ortho intramolecular Hbond substituents is 1. The van der Waals surface area contributed by atoms with Gasteiger partial charge in [0.2, 0.25) is 5.75 Å². The fourth-order valence-electron chi connectivity index (χ4n) is 3.52. The molecule has 0 atom stereocenters. The highest BCUT2D eigenvalue weighted by molar-refractivity contribution is 6.21. The van der Waals surface area contributed by atoms with Gasteiger partial charge in [0.15, 0.2) is 11.5 Å². The van der Waals surface area contributed by atoms with Crippen molar-refractivity contribution in [3.8, 4) is 17.2 Å². The van der Waals surface area contributed by atoms with Gasteiger partial charge in [-0.15, -0.1) is 0 Å². The molecule has 0 unspecified atom stereocenters. The Morgan fingerprint density at radius 2 is 1.20 bits per heavy atom. The van der Waals surface area contributed by atoms with Gasteiger partial charge < -0.3 is 25.2 Å². The van der Waals surface area contributed by atoms with Crippen LogP contribution in [0.2, 0.25) is 0 Å². The molecule has 0 saturated heterocycles. The molecule has 0 fully saturated rings. The fourth-order valence-corrected chi connectivity index (χ4v) is 3.52. The number of phenols is 1. The van der Waals surface area contributed by atoms with Gasteiger partial charge in [-0.25, -0.2) is 0 Å². The van der Waals surface area contributed by atoms with Gasteiger partial charge in [0, 0.05) is 13.1 Å². The number of carbonyl (C=O) groups excluding carboxylic acids is 2. The van der Waals surface area contributed by atoms with Crippen molar-refractivity contribution in [3.63, 3.8) is 0 Å². The zero-order valence-electron chi connectivity index (χ0n) is 19.9. The molecular weight excluding hydrogens is 444 g/mol. The molecule has 7 heteroatoms. The monoisotopic (exact) mass is 474 g/mol. The van der Waals surface area contributed by atoms with Crippen molar-refractivity contribution >= 4 is 17.9 Å². The Hall–Kier alpha value is -4.26. The highest BCUT2D eigenvalue weighted by Gasteiger charge is 2.19. The number of nitrogens with one attached hydrogen (secondary N) is 2. The van der Waals surface area contributed by atoms with Crippen molar-refractivity contribution in [1.82, 2.24) is 10.6 Å². The molecule has 0 aromatic heterocycles. The third kappa shape index (κ3) is 7.37. The molecule has 3 rings (SSSR count). The highest BCUT2D eigenvalue weighted by Crippen LogP contribution is 2.37.